The van der Waals surface area contributed by atoms with E-state index in [9.17, 15) is 18.0 Å². The maximum Gasteiger partial charge on any atom is 0.309 e. The molecule has 1 saturated heterocycles. The molecule has 1 atom stereocenters. The molecule has 1 aromatic carbocycles. The molecule has 0 bridgehead atoms. The number of carbonyl (C=O) groups excluding carboxylic acids is 2. The van der Waals surface area contributed by atoms with Crippen LogP contribution in [0, 0.1) is 13.8 Å². The summed E-state index contributed by atoms with van der Waals surface area (Å²) in [4.78, 5) is 23.8. The lowest BCUT2D eigenvalue weighted by Crippen LogP contribution is -2.46. The van der Waals surface area contributed by atoms with Crippen LogP contribution in [0.5, 0.6) is 0 Å². The second-order valence-corrected chi connectivity index (χ2v) is 9.19. The van der Waals surface area contributed by atoms with E-state index in [2.05, 4.69) is 10.6 Å². The van der Waals surface area contributed by atoms with Crippen LogP contribution in [0.3, 0.4) is 0 Å². The number of nitrogens with one attached hydrogen (secondary N) is 2. The third-order valence-corrected chi connectivity index (χ3v) is 7.10. The van der Waals surface area contributed by atoms with E-state index >= 15 is 0 Å². The van der Waals surface area contributed by atoms with Gasteiger partial charge in [-0.3, -0.25) is 9.59 Å². The highest BCUT2D eigenvalue weighted by atomic mass is 32.2. The predicted octanol–water partition coefficient (Wildman–Crippen LogP) is 1.88. The summed E-state index contributed by atoms with van der Waals surface area (Å²) >= 11 is 0. The van der Waals surface area contributed by atoms with Gasteiger partial charge in [-0.2, -0.15) is 4.31 Å². The van der Waals surface area contributed by atoms with Crippen LogP contribution in [0.4, 0.5) is 0 Å². The standard InChI is InChI=1S/C20H31N3O4S/c1-4-11-21-19(24)20(25)22-12-10-17-7-5-6-13-23(17)28(26,27)18-14-15(2)8-9-16(18)3/h8-9,14,17H,4-7,10-13H2,1-3H3,(H,21,24)(H,22,25)/t17-/m0/s1. The van der Waals surface area contributed by atoms with Crippen LogP contribution in [0.15, 0.2) is 23.1 Å². The van der Waals surface area contributed by atoms with Gasteiger partial charge < -0.3 is 10.6 Å². The molecule has 0 saturated carbocycles. The van der Waals surface area contributed by atoms with Crippen LogP contribution in [0.1, 0.15) is 50.2 Å². The first-order chi connectivity index (χ1) is 13.3. The van der Waals surface area contributed by atoms with Gasteiger partial charge in [0.1, 0.15) is 0 Å². The van der Waals surface area contributed by atoms with Gasteiger partial charge in [-0.15, -0.1) is 0 Å². The van der Waals surface area contributed by atoms with E-state index in [0.29, 0.717) is 24.4 Å². The largest absolute Gasteiger partial charge is 0.348 e. The highest BCUT2D eigenvalue weighted by Crippen LogP contribution is 2.29. The molecule has 0 radical (unpaired) electrons. The van der Waals surface area contributed by atoms with Gasteiger partial charge in [0.25, 0.3) is 0 Å². The minimum atomic E-state index is -3.60. The summed E-state index contributed by atoms with van der Waals surface area (Å²) in [5.74, 6) is -1.32. The maximum atomic E-state index is 13.3. The Morgan fingerprint density at radius 2 is 1.79 bits per heavy atom. The number of benzene rings is 1. The molecule has 2 amide bonds. The highest BCUT2D eigenvalue weighted by molar-refractivity contribution is 7.89. The first kappa shape index (κ1) is 22.4. The molecular formula is C20H31N3O4S. The zero-order valence-electron chi connectivity index (χ0n) is 17.0. The van der Waals surface area contributed by atoms with Crippen LogP contribution in [0.2, 0.25) is 0 Å². The summed E-state index contributed by atoms with van der Waals surface area (Å²) in [6.45, 7) is 6.79. The zero-order valence-corrected chi connectivity index (χ0v) is 17.8. The molecule has 1 aromatic rings. The molecule has 0 unspecified atom stereocenters. The molecule has 1 fully saturated rings. The third-order valence-electron chi connectivity index (χ3n) is 5.01. The molecule has 0 aromatic heterocycles. The van der Waals surface area contributed by atoms with E-state index in [1.54, 1.807) is 17.3 Å². The van der Waals surface area contributed by atoms with Gasteiger partial charge in [-0.25, -0.2) is 8.42 Å². The fourth-order valence-electron chi connectivity index (χ4n) is 3.44. The zero-order chi connectivity index (χ0) is 20.7. The van der Waals surface area contributed by atoms with E-state index in [-0.39, 0.29) is 12.6 Å². The van der Waals surface area contributed by atoms with Gasteiger partial charge >= 0.3 is 11.8 Å². The Morgan fingerprint density at radius 3 is 2.46 bits per heavy atom. The van der Waals surface area contributed by atoms with Crippen molar-refractivity contribution >= 4 is 21.8 Å². The number of carbonyl (C=O) groups is 2. The first-order valence-corrected chi connectivity index (χ1v) is 11.4. The Balaban J connectivity index is 2.04. The second-order valence-electron chi connectivity index (χ2n) is 7.33. The van der Waals surface area contributed by atoms with Crippen molar-refractivity contribution in [2.45, 2.75) is 63.8 Å². The number of sulfonamides is 1. The molecule has 1 aliphatic rings. The van der Waals surface area contributed by atoms with Crippen molar-refractivity contribution in [1.29, 1.82) is 0 Å². The lowest BCUT2D eigenvalue weighted by molar-refractivity contribution is -0.139. The lowest BCUT2D eigenvalue weighted by Gasteiger charge is -2.35. The fraction of sp³-hybridized carbons (Fsp3) is 0.600. The summed E-state index contributed by atoms with van der Waals surface area (Å²) in [7, 11) is -3.60. The molecule has 28 heavy (non-hydrogen) atoms. The predicted molar refractivity (Wildman–Crippen MR) is 108 cm³/mol. The van der Waals surface area contributed by atoms with Gasteiger partial charge in [0.2, 0.25) is 10.0 Å². The topological polar surface area (TPSA) is 95.6 Å². The van der Waals surface area contributed by atoms with Crippen LogP contribution < -0.4 is 10.6 Å². The van der Waals surface area contributed by atoms with E-state index in [4.69, 9.17) is 0 Å². The molecule has 0 spiro atoms. The van der Waals surface area contributed by atoms with Crippen molar-refractivity contribution in [3.63, 3.8) is 0 Å². The van der Waals surface area contributed by atoms with Crippen molar-refractivity contribution < 1.29 is 18.0 Å². The fourth-order valence-corrected chi connectivity index (χ4v) is 5.48. The summed E-state index contributed by atoms with van der Waals surface area (Å²) in [6, 6.07) is 5.27. The third kappa shape index (κ3) is 5.54. The number of piperidine rings is 1. The van der Waals surface area contributed by atoms with E-state index < -0.39 is 21.8 Å². The minimum absolute atomic E-state index is 0.183. The highest BCUT2D eigenvalue weighted by Gasteiger charge is 2.34. The van der Waals surface area contributed by atoms with Gasteiger partial charge in [0.15, 0.2) is 0 Å². The summed E-state index contributed by atoms with van der Waals surface area (Å²) in [6.07, 6.45) is 3.77. The monoisotopic (exact) mass is 409 g/mol. The van der Waals surface area contributed by atoms with E-state index in [1.807, 2.05) is 26.0 Å². The van der Waals surface area contributed by atoms with Crippen LogP contribution >= 0.6 is 0 Å². The average molecular weight is 410 g/mol. The Morgan fingerprint density at radius 1 is 1.11 bits per heavy atom. The minimum Gasteiger partial charge on any atom is -0.348 e. The van der Waals surface area contributed by atoms with Gasteiger partial charge in [-0.1, -0.05) is 25.5 Å². The lowest BCUT2D eigenvalue weighted by atomic mass is 10.0. The second kappa shape index (κ2) is 10.0. The Kier molecular flexibility index (Phi) is 8.00. The Labute approximate surface area is 167 Å². The number of hydrogen-bond acceptors (Lipinski definition) is 4. The van der Waals surface area contributed by atoms with E-state index in [0.717, 1.165) is 36.8 Å². The molecular weight excluding hydrogens is 378 g/mol. The molecule has 156 valence electrons. The number of hydrogen-bond donors (Lipinski definition) is 2. The van der Waals surface area contributed by atoms with Crippen molar-refractivity contribution in [2.75, 3.05) is 19.6 Å². The van der Waals surface area contributed by atoms with Crippen molar-refractivity contribution in [3.8, 4) is 0 Å². The van der Waals surface area contributed by atoms with Crippen LogP contribution in [-0.2, 0) is 19.6 Å². The number of amides is 2. The molecule has 8 heteroatoms. The Hall–Kier alpha value is -1.93. The SMILES string of the molecule is CCCNC(=O)C(=O)NCC[C@@H]1CCCCN1S(=O)(=O)c1cc(C)ccc1C. The van der Waals surface area contributed by atoms with Crippen LogP contribution in [0.25, 0.3) is 0 Å². The average Bonchev–Trinajstić information content (AvgIpc) is 2.68. The molecule has 2 rings (SSSR count). The Bertz CT molecular complexity index is 808. The molecule has 2 N–H and O–H groups in total. The summed E-state index contributed by atoms with van der Waals surface area (Å²) < 4.78 is 28.1. The quantitative estimate of drug-likeness (QED) is 0.672. The number of rotatable bonds is 7. The summed E-state index contributed by atoms with van der Waals surface area (Å²) in [5, 5.41) is 5.13. The van der Waals surface area contributed by atoms with Crippen LogP contribution in [-0.4, -0.2) is 50.2 Å². The number of nitrogens with zero attached hydrogens (tertiary/aromatic N) is 1. The normalized spacial score (nSPS) is 17.9. The van der Waals surface area contributed by atoms with Crippen molar-refractivity contribution in [3.05, 3.63) is 29.3 Å². The molecule has 1 heterocycles. The molecule has 0 aliphatic carbocycles. The molecule has 7 nitrogen and oxygen atoms in total. The molecule has 1 aliphatic heterocycles. The van der Waals surface area contributed by atoms with Crippen molar-refractivity contribution in [1.82, 2.24) is 14.9 Å². The van der Waals surface area contributed by atoms with Gasteiger partial charge in [-0.05, 0) is 56.7 Å². The number of aryl methyl sites for hydroxylation is 2. The van der Waals surface area contributed by atoms with Gasteiger partial charge in [0, 0.05) is 25.7 Å². The maximum absolute atomic E-state index is 13.3. The smallest absolute Gasteiger partial charge is 0.309 e. The summed E-state index contributed by atoms with van der Waals surface area (Å²) in [5.41, 5.74) is 1.64. The first-order valence-electron chi connectivity index (χ1n) is 9.92. The van der Waals surface area contributed by atoms with E-state index in [1.165, 1.54) is 0 Å². The van der Waals surface area contributed by atoms with Crippen molar-refractivity contribution in [2.24, 2.45) is 0 Å². The van der Waals surface area contributed by atoms with Gasteiger partial charge in [0.05, 0.1) is 4.90 Å².